The van der Waals surface area contributed by atoms with Crippen LogP contribution in [0, 0.1) is 5.92 Å². The maximum absolute atomic E-state index is 13.1. The van der Waals surface area contributed by atoms with E-state index in [1.54, 1.807) is 0 Å². The van der Waals surface area contributed by atoms with Gasteiger partial charge in [0.1, 0.15) is 6.04 Å². The molecule has 0 bridgehead atoms. The van der Waals surface area contributed by atoms with Gasteiger partial charge in [-0.25, -0.2) is 0 Å². The topological polar surface area (TPSA) is 43.9 Å². The first kappa shape index (κ1) is 15.6. The van der Waals surface area contributed by atoms with Crippen LogP contribution in [0.5, 0.6) is 0 Å². The van der Waals surface area contributed by atoms with Crippen molar-refractivity contribution in [3.8, 4) is 0 Å². The van der Waals surface area contributed by atoms with Gasteiger partial charge in [-0.2, -0.15) is 0 Å². The molecule has 0 aromatic heterocycles. The van der Waals surface area contributed by atoms with Crippen molar-refractivity contribution in [2.75, 3.05) is 38.1 Å². The third-order valence-corrected chi connectivity index (χ3v) is 5.51. The number of aryl methyl sites for hydroxylation is 1. The lowest BCUT2D eigenvalue weighted by atomic mass is 9.94. The van der Waals surface area contributed by atoms with Gasteiger partial charge in [0.05, 0.1) is 0 Å². The lowest BCUT2D eigenvalue weighted by Gasteiger charge is -2.41. The number of benzene rings is 1. The predicted octanol–water partition coefficient (Wildman–Crippen LogP) is 1.52. The van der Waals surface area contributed by atoms with Crippen LogP contribution in [0.1, 0.15) is 24.8 Å². The summed E-state index contributed by atoms with van der Waals surface area (Å²) in [7, 11) is 2.08. The van der Waals surface area contributed by atoms with Crippen molar-refractivity contribution in [2.24, 2.45) is 5.92 Å². The number of piperazine rings is 1. The molecular weight excluding hydrogens is 302 g/mol. The minimum atomic E-state index is -0.323. The Kier molecular flexibility index (Phi) is 4.04. The monoisotopic (exact) mass is 327 g/mol. The van der Waals surface area contributed by atoms with E-state index in [9.17, 15) is 9.59 Å². The summed E-state index contributed by atoms with van der Waals surface area (Å²) in [6.07, 6.45) is 3.54. The van der Waals surface area contributed by atoms with Crippen LogP contribution in [-0.2, 0) is 16.0 Å². The molecule has 0 spiro atoms. The molecule has 4 rings (SSSR count). The van der Waals surface area contributed by atoms with Crippen molar-refractivity contribution in [3.05, 3.63) is 29.8 Å². The molecule has 1 aliphatic carbocycles. The first-order valence-corrected chi connectivity index (χ1v) is 9.03. The molecule has 0 N–H and O–H groups in total. The number of para-hydroxylation sites is 1. The zero-order valence-electron chi connectivity index (χ0n) is 14.3. The van der Waals surface area contributed by atoms with Gasteiger partial charge in [-0.1, -0.05) is 18.2 Å². The highest BCUT2D eigenvalue weighted by Crippen LogP contribution is 2.38. The number of amides is 2. The Morgan fingerprint density at radius 2 is 1.67 bits per heavy atom. The zero-order chi connectivity index (χ0) is 16.7. The summed E-state index contributed by atoms with van der Waals surface area (Å²) in [6, 6.07) is 7.74. The van der Waals surface area contributed by atoms with Crippen LogP contribution in [0.15, 0.2) is 24.3 Å². The van der Waals surface area contributed by atoms with Crippen LogP contribution in [0.25, 0.3) is 0 Å². The molecule has 1 saturated heterocycles. The summed E-state index contributed by atoms with van der Waals surface area (Å²) in [4.78, 5) is 32.1. The summed E-state index contributed by atoms with van der Waals surface area (Å²) >= 11 is 0. The van der Waals surface area contributed by atoms with E-state index in [0.717, 1.165) is 57.5 Å². The number of rotatable bonds is 2. The van der Waals surface area contributed by atoms with Crippen LogP contribution in [0.4, 0.5) is 5.69 Å². The first-order valence-electron chi connectivity index (χ1n) is 9.03. The Hall–Kier alpha value is -1.88. The second-order valence-electron chi connectivity index (χ2n) is 7.29. The third-order valence-electron chi connectivity index (χ3n) is 5.51. The molecule has 2 fully saturated rings. The lowest BCUT2D eigenvalue weighted by molar-refractivity contribution is -0.136. The van der Waals surface area contributed by atoms with E-state index < -0.39 is 0 Å². The van der Waals surface area contributed by atoms with Gasteiger partial charge in [0.2, 0.25) is 11.8 Å². The second-order valence-corrected chi connectivity index (χ2v) is 7.29. The van der Waals surface area contributed by atoms with Gasteiger partial charge in [0, 0.05) is 37.8 Å². The predicted molar refractivity (Wildman–Crippen MR) is 92.8 cm³/mol. The number of carbonyl (C=O) groups excluding carboxylic acids is 2. The summed E-state index contributed by atoms with van der Waals surface area (Å²) in [5, 5.41) is 0. The summed E-state index contributed by atoms with van der Waals surface area (Å²) in [6.45, 7) is 3.34. The van der Waals surface area contributed by atoms with Gasteiger partial charge < -0.3 is 9.80 Å². The molecule has 3 aliphatic rings. The van der Waals surface area contributed by atoms with E-state index in [0.29, 0.717) is 0 Å². The van der Waals surface area contributed by atoms with Crippen LogP contribution >= 0.6 is 0 Å². The average molecular weight is 327 g/mol. The normalized spacial score (nSPS) is 24.6. The van der Waals surface area contributed by atoms with Gasteiger partial charge >= 0.3 is 0 Å². The fourth-order valence-electron chi connectivity index (χ4n) is 3.82. The van der Waals surface area contributed by atoms with Crippen molar-refractivity contribution in [3.63, 3.8) is 0 Å². The molecule has 0 radical (unpaired) electrons. The van der Waals surface area contributed by atoms with E-state index in [2.05, 4.69) is 18.0 Å². The first-order chi connectivity index (χ1) is 11.6. The summed E-state index contributed by atoms with van der Waals surface area (Å²) in [5.41, 5.74) is 2.14. The highest BCUT2D eigenvalue weighted by molar-refractivity contribution is 6.03. The molecule has 2 amide bonds. The number of carbonyl (C=O) groups is 2. The zero-order valence-corrected chi connectivity index (χ0v) is 14.3. The molecular formula is C19H25N3O2. The highest BCUT2D eigenvalue weighted by Gasteiger charge is 2.43. The molecule has 1 saturated carbocycles. The molecule has 2 aliphatic heterocycles. The molecule has 2 heterocycles. The van der Waals surface area contributed by atoms with Crippen molar-refractivity contribution in [2.45, 2.75) is 31.7 Å². The fraction of sp³-hybridized carbons (Fsp3) is 0.579. The molecule has 5 heteroatoms. The Morgan fingerprint density at radius 1 is 0.958 bits per heavy atom. The smallest absolute Gasteiger partial charge is 0.245 e. The van der Waals surface area contributed by atoms with Crippen molar-refractivity contribution < 1.29 is 9.59 Å². The van der Waals surface area contributed by atoms with Crippen molar-refractivity contribution in [1.29, 1.82) is 0 Å². The maximum atomic E-state index is 13.1. The van der Waals surface area contributed by atoms with Crippen molar-refractivity contribution >= 4 is 17.5 Å². The molecule has 1 atom stereocenters. The molecule has 1 aromatic rings. The molecule has 5 nitrogen and oxygen atoms in total. The Labute approximate surface area is 143 Å². The average Bonchev–Trinajstić information content (AvgIpc) is 3.45. The number of fused-ring (bicyclic) bond motifs is 1. The van der Waals surface area contributed by atoms with Gasteiger partial charge in [0.25, 0.3) is 0 Å². The van der Waals surface area contributed by atoms with E-state index in [-0.39, 0.29) is 23.8 Å². The molecule has 128 valence electrons. The van der Waals surface area contributed by atoms with Crippen LogP contribution in [0.3, 0.4) is 0 Å². The summed E-state index contributed by atoms with van der Waals surface area (Å²) in [5.74, 6) is 0.403. The minimum absolute atomic E-state index is 0.124. The number of hydrogen-bond acceptors (Lipinski definition) is 3. The highest BCUT2D eigenvalue weighted by atomic mass is 16.2. The number of nitrogens with zero attached hydrogens (tertiary/aromatic N) is 3. The Morgan fingerprint density at radius 3 is 2.38 bits per heavy atom. The lowest BCUT2D eigenvalue weighted by Crippen LogP contribution is -2.57. The second kappa shape index (κ2) is 6.20. The molecule has 24 heavy (non-hydrogen) atoms. The van der Waals surface area contributed by atoms with Crippen molar-refractivity contribution in [1.82, 2.24) is 9.80 Å². The van der Waals surface area contributed by atoms with E-state index in [4.69, 9.17) is 0 Å². The Balaban J connectivity index is 1.61. The van der Waals surface area contributed by atoms with Crippen LogP contribution < -0.4 is 4.90 Å². The number of hydrogen-bond donors (Lipinski definition) is 0. The van der Waals surface area contributed by atoms with E-state index in [1.807, 2.05) is 28.0 Å². The molecule has 0 unspecified atom stereocenters. The minimum Gasteiger partial charge on any atom is -0.338 e. The maximum Gasteiger partial charge on any atom is 0.245 e. The Bertz CT molecular complexity index is 648. The summed E-state index contributed by atoms with van der Waals surface area (Å²) < 4.78 is 0. The molecule has 1 aromatic carbocycles. The van der Waals surface area contributed by atoms with Crippen LogP contribution in [0.2, 0.25) is 0 Å². The van der Waals surface area contributed by atoms with E-state index >= 15 is 0 Å². The van der Waals surface area contributed by atoms with Crippen LogP contribution in [-0.4, -0.2) is 60.9 Å². The largest absolute Gasteiger partial charge is 0.338 e. The van der Waals surface area contributed by atoms with Gasteiger partial charge in [0.15, 0.2) is 0 Å². The standard InChI is InChI=1S/C19H25N3O2/c1-20-10-12-21(13-11-20)19(24)17-9-8-14-4-2-3-5-16(14)22(17)18(23)15-6-7-15/h2-5,15,17H,6-13H2,1H3/t17-/m0/s1. The van der Waals surface area contributed by atoms with Gasteiger partial charge in [-0.05, 0) is 44.4 Å². The van der Waals surface area contributed by atoms with E-state index in [1.165, 1.54) is 5.56 Å². The number of anilines is 1. The quantitative estimate of drug-likeness (QED) is 0.827. The van der Waals surface area contributed by atoms with Gasteiger partial charge in [-0.15, -0.1) is 0 Å². The fourth-order valence-corrected chi connectivity index (χ4v) is 3.82. The third kappa shape index (κ3) is 2.81. The SMILES string of the molecule is CN1CCN(C(=O)[C@@H]2CCc3ccccc3N2C(=O)C2CC2)CC1. The van der Waals surface area contributed by atoms with Gasteiger partial charge in [-0.3, -0.25) is 14.5 Å². The number of likely N-dealkylation sites (N-methyl/N-ethyl adjacent to an activating group) is 1.